The zero-order valence-corrected chi connectivity index (χ0v) is 12.1. The number of methoxy groups -OCH3 is 1. The monoisotopic (exact) mass is 293 g/mol. The predicted octanol–water partition coefficient (Wildman–Crippen LogP) is 1.32. The first-order chi connectivity index (χ1) is 10.00. The highest BCUT2D eigenvalue weighted by Crippen LogP contribution is 2.31. The Kier molecular flexibility index (Phi) is 4.47. The van der Waals surface area contributed by atoms with E-state index in [0.717, 1.165) is 5.56 Å². The van der Waals surface area contributed by atoms with E-state index < -0.39 is 23.7 Å². The second-order valence-electron chi connectivity index (χ2n) is 5.14. The number of nitrogens with zero attached hydrogens (tertiary/aromatic N) is 1. The van der Waals surface area contributed by atoms with Crippen molar-refractivity contribution in [2.75, 3.05) is 13.7 Å². The third-order valence-corrected chi connectivity index (χ3v) is 3.86. The fourth-order valence-corrected chi connectivity index (χ4v) is 2.48. The number of rotatable bonds is 3. The maximum absolute atomic E-state index is 12.2. The number of amides is 1. The van der Waals surface area contributed by atoms with Gasteiger partial charge in [-0.05, 0) is 18.9 Å². The van der Waals surface area contributed by atoms with E-state index in [1.807, 2.05) is 30.3 Å². The summed E-state index contributed by atoms with van der Waals surface area (Å²) in [6.07, 6.45) is -1.29. The standard InChI is InChI=1S/C15H19NO5/c1-15(13(18)20-2)12(17)8-9-16(15)14(19)21-10-11-6-4-3-5-7-11/h3-7,12,17H,8-10H2,1-2H3. The Balaban J connectivity index is 2.06. The Hall–Kier alpha value is -2.08. The van der Waals surface area contributed by atoms with E-state index in [0.29, 0.717) is 6.42 Å². The van der Waals surface area contributed by atoms with Gasteiger partial charge in [0.2, 0.25) is 0 Å². The minimum absolute atomic E-state index is 0.115. The number of hydrogen-bond donors (Lipinski definition) is 1. The molecule has 2 unspecified atom stereocenters. The van der Waals surface area contributed by atoms with Crippen molar-refractivity contribution in [1.82, 2.24) is 4.90 Å². The molecule has 0 radical (unpaired) electrons. The van der Waals surface area contributed by atoms with Gasteiger partial charge in [0.1, 0.15) is 6.61 Å². The number of hydrogen-bond acceptors (Lipinski definition) is 5. The third-order valence-electron chi connectivity index (χ3n) is 3.86. The van der Waals surface area contributed by atoms with Crippen molar-refractivity contribution in [2.45, 2.75) is 31.6 Å². The summed E-state index contributed by atoms with van der Waals surface area (Å²) >= 11 is 0. The largest absolute Gasteiger partial charge is 0.467 e. The summed E-state index contributed by atoms with van der Waals surface area (Å²) in [5.41, 5.74) is -0.548. The van der Waals surface area contributed by atoms with Crippen molar-refractivity contribution in [3.63, 3.8) is 0 Å². The fourth-order valence-electron chi connectivity index (χ4n) is 2.48. The molecule has 0 bridgehead atoms. The van der Waals surface area contributed by atoms with E-state index in [4.69, 9.17) is 9.47 Å². The highest BCUT2D eigenvalue weighted by atomic mass is 16.6. The summed E-state index contributed by atoms with van der Waals surface area (Å²) in [5.74, 6) is -0.649. The van der Waals surface area contributed by atoms with Crippen molar-refractivity contribution in [3.05, 3.63) is 35.9 Å². The first-order valence-electron chi connectivity index (χ1n) is 6.75. The molecule has 0 aliphatic carbocycles. The maximum Gasteiger partial charge on any atom is 0.411 e. The Morgan fingerprint density at radius 1 is 1.38 bits per heavy atom. The Morgan fingerprint density at radius 2 is 2.05 bits per heavy atom. The molecule has 21 heavy (non-hydrogen) atoms. The van der Waals surface area contributed by atoms with Gasteiger partial charge in [0.25, 0.3) is 0 Å². The van der Waals surface area contributed by atoms with Crippen LogP contribution in [0.5, 0.6) is 0 Å². The molecule has 6 nitrogen and oxygen atoms in total. The number of likely N-dealkylation sites (tertiary alicyclic amines) is 1. The molecule has 114 valence electrons. The average Bonchev–Trinajstić information content (AvgIpc) is 2.82. The van der Waals surface area contributed by atoms with Crippen molar-refractivity contribution >= 4 is 12.1 Å². The first-order valence-corrected chi connectivity index (χ1v) is 6.75. The van der Waals surface area contributed by atoms with Crippen molar-refractivity contribution in [1.29, 1.82) is 0 Å². The number of benzene rings is 1. The van der Waals surface area contributed by atoms with Gasteiger partial charge >= 0.3 is 12.1 Å². The van der Waals surface area contributed by atoms with Crippen LogP contribution < -0.4 is 0 Å². The number of esters is 1. The summed E-state index contributed by atoms with van der Waals surface area (Å²) in [6, 6.07) is 9.25. The summed E-state index contributed by atoms with van der Waals surface area (Å²) in [6.45, 7) is 1.85. The normalized spacial score (nSPS) is 24.7. The lowest BCUT2D eigenvalue weighted by molar-refractivity contribution is -0.156. The number of ether oxygens (including phenoxy) is 2. The molecule has 1 N–H and O–H groups in total. The van der Waals surface area contributed by atoms with Crippen LogP contribution in [0.15, 0.2) is 30.3 Å². The SMILES string of the molecule is COC(=O)C1(C)C(O)CCN1C(=O)OCc1ccccc1. The van der Waals surface area contributed by atoms with Crippen LogP contribution in [0, 0.1) is 0 Å². The van der Waals surface area contributed by atoms with Crippen LogP contribution in [0.1, 0.15) is 18.9 Å². The van der Waals surface area contributed by atoms with Crippen LogP contribution in [-0.2, 0) is 20.9 Å². The smallest absolute Gasteiger partial charge is 0.411 e. The molecule has 1 amide bonds. The van der Waals surface area contributed by atoms with E-state index in [1.54, 1.807) is 0 Å². The molecule has 0 spiro atoms. The van der Waals surface area contributed by atoms with Gasteiger partial charge in [-0.15, -0.1) is 0 Å². The summed E-state index contributed by atoms with van der Waals surface area (Å²) in [4.78, 5) is 25.3. The first kappa shape index (κ1) is 15.3. The van der Waals surface area contributed by atoms with E-state index in [2.05, 4.69) is 0 Å². The molecule has 1 saturated heterocycles. The van der Waals surface area contributed by atoms with Crippen molar-refractivity contribution < 1.29 is 24.2 Å². The molecule has 2 atom stereocenters. The number of aliphatic hydroxyl groups is 1. The van der Waals surface area contributed by atoms with E-state index in [9.17, 15) is 14.7 Å². The lowest BCUT2D eigenvalue weighted by atomic mass is 9.96. The molecular formula is C15H19NO5. The van der Waals surface area contributed by atoms with Crippen LogP contribution in [-0.4, -0.2) is 47.4 Å². The van der Waals surface area contributed by atoms with Crippen molar-refractivity contribution in [2.24, 2.45) is 0 Å². The van der Waals surface area contributed by atoms with Crippen LogP contribution >= 0.6 is 0 Å². The summed E-state index contributed by atoms with van der Waals surface area (Å²) in [7, 11) is 1.23. The second-order valence-corrected chi connectivity index (χ2v) is 5.14. The molecule has 1 aromatic carbocycles. The third kappa shape index (κ3) is 2.85. The van der Waals surface area contributed by atoms with Gasteiger partial charge in [0.05, 0.1) is 13.2 Å². The van der Waals surface area contributed by atoms with Crippen LogP contribution in [0.25, 0.3) is 0 Å². The Bertz CT molecular complexity index is 518. The van der Waals surface area contributed by atoms with Gasteiger partial charge in [-0.25, -0.2) is 9.59 Å². The Morgan fingerprint density at radius 3 is 2.67 bits per heavy atom. The molecule has 1 aliphatic heterocycles. The zero-order chi connectivity index (χ0) is 15.5. The quantitative estimate of drug-likeness (QED) is 0.851. The van der Waals surface area contributed by atoms with E-state index in [-0.39, 0.29) is 13.2 Å². The van der Waals surface area contributed by atoms with Gasteiger partial charge in [0, 0.05) is 6.54 Å². The zero-order valence-electron chi connectivity index (χ0n) is 12.1. The minimum atomic E-state index is -1.40. The van der Waals surface area contributed by atoms with Crippen molar-refractivity contribution in [3.8, 4) is 0 Å². The van der Waals surface area contributed by atoms with Crippen LogP contribution in [0.3, 0.4) is 0 Å². The lowest BCUT2D eigenvalue weighted by Crippen LogP contribution is -2.56. The van der Waals surface area contributed by atoms with Gasteiger partial charge < -0.3 is 14.6 Å². The molecular weight excluding hydrogens is 274 g/mol. The molecule has 2 rings (SSSR count). The van der Waals surface area contributed by atoms with Crippen LogP contribution in [0.2, 0.25) is 0 Å². The lowest BCUT2D eigenvalue weighted by Gasteiger charge is -2.33. The van der Waals surface area contributed by atoms with E-state index >= 15 is 0 Å². The number of aliphatic hydroxyl groups excluding tert-OH is 1. The van der Waals surface area contributed by atoms with Gasteiger partial charge in [-0.3, -0.25) is 4.90 Å². The number of carbonyl (C=O) groups is 2. The fraction of sp³-hybridized carbons (Fsp3) is 0.467. The minimum Gasteiger partial charge on any atom is -0.467 e. The highest BCUT2D eigenvalue weighted by Gasteiger charge is 2.54. The molecule has 1 aliphatic rings. The maximum atomic E-state index is 12.2. The molecule has 1 heterocycles. The van der Waals surface area contributed by atoms with Gasteiger partial charge in [-0.2, -0.15) is 0 Å². The molecule has 1 aromatic rings. The predicted molar refractivity (Wildman–Crippen MR) is 74.4 cm³/mol. The van der Waals surface area contributed by atoms with Gasteiger partial charge in [0.15, 0.2) is 5.54 Å². The number of carbonyl (C=O) groups excluding carboxylic acids is 2. The molecule has 6 heteroatoms. The van der Waals surface area contributed by atoms with Gasteiger partial charge in [-0.1, -0.05) is 30.3 Å². The molecule has 0 aromatic heterocycles. The Labute approximate surface area is 123 Å². The average molecular weight is 293 g/mol. The summed E-state index contributed by atoms with van der Waals surface area (Å²) < 4.78 is 9.92. The second kappa shape index (κ2) is 6.13. The highest BCUT2D eigenvalue weighted by molar-refractivity contribution is 5.86. The summed E-state index contributed by atoms with van der Waals surface area (Å²) in [5, 5.41) is 10.0. The molecule has 0 saturated carbocycles. The molecule has 1 fully saturated rings. The van der Waals surface area contributed by atoms with E-state index in [1.165, 1.54) is 18.9 Å². The topological polar surface area (TPSA) is 76.1 Å². The van der Waals surface area contributed by atoms with Crippen LogP contribution in [0.4, 0.5) is 4.79 Å².